The quantitative estimate of drug-likeness (QED) is 0.730. The first-order valence-electron chi connectivity index (χ1n) is 5.04. The molecule has 0 amide bonds. The molecular weight excluding hydrogens is 218 g/mol. The van der Waals surface area contributed by atoms with Crippen LogP contribution in [0, 0.1) is 0 Å². The monoisotopic (exact) mass is 231 g/mol. The second kappa shape index (κ2) is 4.58. The predicted octanol–water partition coefficient (Wildman–Crippen LogP) is 2.75. The Morgan fingerprint density at radius 3 is 2.50 bits per heavy atom. The van der Waals surface area contributed by atoms with Gasteiger partial charge in [-0.25, -0.2) is 0 Å². The van der Waals surface area contributed by atoms with E-state index in [1.165, 1.54) is 11.8 Å². The van der Waals surface area contributed by atoms with Gasteiger partial charge in [0.05, 0.1) is 0 Å². The van der Waals surface area contributed by atoms with E-state index in [2.05, 4.69) is 0 Å². The molecule has 1 heterocycles. The summed E-state index contributed by atoms with van der Waals surface area (Å²) in [6.45, 7) is 0. The van der Waals surface area contributed by atoms with Crippen molar-refractivity contribution in [2.75, 3.05) is 14.1 Å². The topological polar surface area (TPSA) is 20.3 Å². The smallest absolute Gasteiger partial charge is 0.225 e. The number of rotatable bonds is 2. The zero-order valence-corrected chi connectivity index (χ0v) is 10.1. The molecule has 1 aromatic carbocycles. The van der Waals surface area contributed by atoms with Crippen molar-refractivity contribution in [2.45, 2.75) is 0 Å². The lowest BCUT2D eigenvalue weighted by Gasteiger charge is -2.03. The third kappa shape index (κ3) is 2.36. The maximum absolute atomic E-state index is 11.7. The molecule has 2 nitrogen and oxygen atoms in total. The number of nitrogens with zero attached hydrogens (tertiary/aromatic N) is 1. The molecule has 0 aromatic heterocycles. The van der Waals surface area contributed by atoms with Crippen molar-refractivity contribution in [1.82, 2.24) is 4.90 Å². The summed E-state index contributed by atoms with van der Waals surface area (Å²) in [6, 6.07) is 9.97. The van der Waals surface area contributed by atoms with Gasteiger partial charge >= 0.3 is 0 Å². The van der Waals surface area contributed by atoms with Crippen LogP contribution in [0.1, 0.15) is 5.56 Å². The van der Waals surface area contributed by atoms with Crippen molar-refractivity contribution < 1.29 is 4.79 Å². The number of allylic oxidation sites excluding steroid dienone is 1. The molecule has 1 aliphatic rings. The summed E-state index contributed by atoms with van der Waals surface area (Å²) in [5.41, 5.74) is 1.86. The van der Waals surface area contributed by atoms with E-state index in [-0.39, 0.29) is 5.12 Å². The van der Waals surface area contributed by atoms with Gasteiger partial charge in [-0.3, -0.25) is 4.79 Å². The SMILES string of the molecule is CN(C)C=C1C=C(c2ccccc2)SC1=O. The molecule has 0 unspecified atom stereocenters. The number of benzene rings is 1. The van der Waals surface area contributed by atoms with E-state index in [9.17, 15) is 4.79 Å². The Morgan fingerprint density at radius 1 is 1.19 bits per heavy atom. The first-order valence-corrected chi connectivity index (χ1v) is 5.86. The molecule has 0 atom stereocenters. The van der Waals surface area contributed by atoms with Gasteiger partial charge in [-0.1, -0.05) is 30.3 Å². The normalized spacial score (nSPS) is 17.8. The van der Waals surface area contributed by atoms with Gasteiger partial charge in [0.1, 0.15) is 0 Å². The fraction of sp³-hybridized carbons (Fsp3) is 0.154. The second-order valence-corrected chi connectivity index (χ2v) is 4.83. The molecule has 3 heteroatoms. The summed E-state index contributed by atoms with van der Waals surface area (Å²) in [4.78, 5) is 14.6. The van der Waals surface area contributed by atoms with Crippen LogP contribution < -0.4 is 0 Å². The Morgan fingerprint density at radius 2 is 1.88 bits per heavy atom. The Labute approximate surface area is 99.6 Å². The fourth-order valence-corrected chi connectivity index (χ4v) is 2.37. The number of hydrogen-bond acceptors (Lipinski definition) is 3. The van der Waals surface area contributed by atoms with Gasteiger partial charge in [-0.05, 0) is 23.4 Å². The van der Waals surface area contributed by atoms with Crippen molar-refractivity contribution in [2.24, 2.45) is 0 Å². The van der Waals surface area contributed by atoms with E-state index in [4.69, 9.17) is 0 Å². The Bertz CT molecular complexity index is 460. The second-order valence-electron chi connectivity index (χ2n) is 3.81. The van der Waals surface area contributed by atoms with Crippen molar-refractivity contribution in [3.63, 3.8) is 0 Å². The largest absolute Gasteiger partial charge is 0.383 e. The summed E-state index contributed by atoms with van der Waals surface area (Å²) < 4.78 is 0. The maximum atomic E-state index is 11.7. The standard InChI is InChI=1S/C13H13NOS/c1-14(2)9-11-8-12(16-13(11)15)10-6-4-3-5-7-10/h3-9H,1-2H3. The van der Waals surface area contributed by atoms with Crippen LogP contribution >= 0.6 is 11.8 Å². The minimum Gasteiger partial charge on any atom is -0.383 e. The zero-order chi connectivity index (χ0) is 11.5. The van der Waals surface area contributed by atoms with E-state index < -0.39 is 0 Å². The third-order valence-electron chi connectivity index (χ3n) is 2.18. The van der Waals surface area contributed by atoms with Gasteiger partial charge in [0, 0.05) is 30.8 Å². The molecule has 0 bridgehead atoms. The average molecular weight is 231 g/mol. The molecule has 16 heavy (non-hydrogen) atoms. The highest BCUT2D eigenvalue weighted by molar-refractivity contribution is 8.22. The van der Waals surface area contributed by atoms with Crippen LogP contribution in [0.4, 0.5) is 0 Å². The Kier molecular flexibility index (Phi) is 3.15. The lowest BCUT2D eigenvalue weighted by atomic mass is 10.2. The molecule has 0 N–H and O–H groups in total. The molecule has 1 aliphatic heterocycles. The molecule has 0 saturated heterocycles. The number of hydrogen-bond donors (Lipinski definition) is 0. The van der Waals surface area contributed by atoms with E-state index in [1.807, 2.05) is 61.6 Å². The first-order chi connectivity index (χ1) is 7.66. The molecule has 0 spiro atoms. The minimum atomic E-state index is 0.118. The highest BCUT2D eigenvalue weighted by Crippen LogP contribution is 2.37. The van der Waals surface area contributed by atoms with Crippen LogP contribution in [0.5, 0.6) is 0 Å². The lowest BCUT2D eigenvalue weighted by Crippen LogP contribution is -2.04. The van der Waals surface area contributed by atoms with Crippen LogP contribution in [0.3, 0.4) is 0 Å². The third-order valence-corrected chi connectivity index (χ3v) is 3.18. The highest BCUT2D eigenvalue weighted by atomic mass is 32.2. The molecule has 82 valence electrons. The predicted molar refractivity (Wildman–Crippen MR) is 68.8 cm³/mol. The van der Waals surface area contributed by atoms with E-state index >= 15 is 0 Å². The molecule has 0 saturated carbocycles. The Balaban J connectivity index is 2.30. The summed E-state index contributed by atoms with van der Waals surface area (Å²) in [7, 11) is 3.83. The van der Waals surface area contributed by atoms with Gasteiger partial charge in [0.2, 0.25) is 5.12 Å². The number of carbonyl (C=O) groups excluding carboxylic acids is 1. The maximum Gasteiger partial charge on any atom is 0.225 e. The van der Waals surface area contributed by atoms with E-state index in [0.29, 0.717) is 0 Å². The van der Waals surface area contributed by atoms with Crippen molar-refractivity contribution >= 4 is 21.8 Å². The summed E-state index contributed by atoms with van der Waals surface area (Å²) in [5, 5.41) is 0.118. The van der Waals surface area contributed by atoms with Gasteiger partial charge in [0.25, 0.3) is 0 Å². The lowest BCUT2D eigenvalue weighted by molar-refractivity contribution is -0.107. The average Bonchev–Trinajstić information content (AvgIpc) is 2.61. The van der Waals surface area contributed by atoms with E-state index in [0.717, 1.165) is 16.0 Å². The summed E-state index contributed by atoms with van der Waals surface area (Å²) in [5.74, 6) is 0. The van der Waals surface area contributed by atoms with Crippen molar-refractivity contribution in [3.05, 3.63) is 53.7 Å². The molecule has 0 aliphatic carbocycles. The fourth-order valence-electron chi connectivity index (χ4n) is 1.50. The molecule has 1 aromatic rings. The van der Waals surface area contributed by atoms with Crippen LogP contribution in [0.2, 0.25) is 0 Å². The van der Waals surface area contributed by atoms with Crippen molar-refractivity contribution in [3.8, 4) is 0 Å². The molecule has 2 rings (SSSR count). The molecule has 0 radical (unpaired) electrons. The highest BCUT2D eigenvalue weighted by Gasteiger charge is 2.20. The first kappa shape index (κ1) is 11.0. The van der Waals surface area contributed by atoms with Crippen LogP contribution in [-0.4, -0.2) is 24.1 Å². The minimum absolute atomic E-state index is 0.118. The van der Waals surface area contributed by atoms with Gasteiger partial charge in [-0.15, -0.1) is 0 Å². The number of carbonyl (C=O) groups is 1. The van der Waals surface area contributed by atoms with Crippen molar-refractivity contribution in [1.29, 1.82) is 0 Å². The van der Waals surface area contributed by atoms with Gasteiger partial charge in [-0.2, -0.15) is 0 Å². The zero-order valence-electron chi connectivity index (χ0n) is 9.31. The molecular formula is C13H13NOS. The molecule has 0 fully saturated rings. The summed E-state index contributed by atoms with van der Waals surface area (Å²) in [6.07, 6.45) is 3.80. The van der Waals surface area contributed by atoms with Crippen LogP contribution in [0.25, 0.3) is 4.91 Å². The van der Waals surface area contributed by atoms with E-state index in [1.54, 1.807) is 0 Å². The summed E-state index contributed by atoms with van der Waals surface area (Å²) >= 11 is 1.30. The van der Waals surface area contributed by atoms with Gasteiger partial charge < -0.3 is 4.90 Å². The van der Waals surface area contributed by atoms with Gasteiger partial charge in [0.15, 0.2) is 0 Å². The Hall–Kier alpha value is -1.48. The number of thioether (sulfide) groups is 1. The van der Waals surface area contributed by atoms with Crippen LogP contribution in [0.15, 0.2) is 48.2 Å². The van der Waals surface area contributed by atoms with Crippen LogP contribution in [-0.2, 0) is 4.79 Å².